The zero-order valence-electron chi connectivity index (χ0n) is 8.91. The molecule has 0 spiro atoms. The molecule has 2 aromatic rings. The molecule has 0 unspecified atom stereocenters. The summed E-state index contributed by atoms with van der Waals surface area (Å²) in [7, 11) is 0. The maximum Gasteiger partial charge on any atom is 0.277 e. The van der Waals surface area contributed by atoms with Crippen LogP contribution in [-0.2, 0) is 0 Å². The molecule has 88 valence electrons. The molecule has 0 saturated carbocycles. The highest BCUT2D eigenvalue weighted by atomic mass is 32.1. The first-order chi connectivity index (χ1) is 8.29. The molecule has 0 aliphatic carbocycles. The number of hydrogen-bond acceptors (Lipinski definition) is 8. The number of rotatable bonds is 4. The van der Waals surface area contributed by atoms with Crippen molar-refractivity contribution >= 4 is 28.4 Å². The standard InChI is InChI=1S/C8H9N7OS/c1-2-10-6-4-9-3-5(11-6)7(16)12-8-13-14-15-17-8/h3-4H,2H2,1H3,(H,10,11)(H,12,13,15,16). The maximum absolute atomic E-state index is 11.7. The normalized spacial score (nSPS) is 9.94. The first kappa shape index (κ1) is 11.3. The molecule has 0 fully saturated rings. The van der Waals surface area contributed by atoms with Crippen molar-refractivity contribution in [2.75, 3.05) is 17.2 Å². The van der Waals surface area contributed by atoms with E-state index in [9.17, 15) is 4.79 Å². The van der Waals surface area contributed by atoms with E-state index in [2.05, 4.69) is 35.4 Å². The largest absolute Gasteiger partial charge is 0.369 e. The number of anilines is 2. The van der Waals surface area contributed by atoms with Crippen LogP contribution in [-0.4, -0.2) is 37.2 Å². The Bertz CT molecular complexity index is 500. The third kappa shape index (κ3) is 2.91. The summed E-state index contributed by atoms with van der Waals surface area (Å²) in [6.45, 7) is 2.64. The first-order valence-corrected chi connectivity index (χ1v) is 5.59. The van der Waals surface area contributed by atoms with Crippen LogP contribution < -0.4 is 10.6 Å². The van der Waals surface area contributed by atoms with Gasteiger partial charge in [-0.05, 0) is 12.1 Å². The Morgan fingerprint density at radius 2 is 2.35 bits per heavy atom. The molecule has 2 aromatic heterocycles. The number of nitrogens with zero attached hydrogens (tertiary/aromatic N) is 5. The van der Waals surface area contributed by atoms with Gasteiger partial charge in [-0.1, -0.05) is 9.59 Å². The molecule has 8 nitrogen and oxygen atoms in total. The lowest BCUT2D eigenvalue weighted by molar-refractivity contribution is 0.102. The number of hydrogen-bond donors (Lipinski definition) is 2. The summed E-state index contributed by atoms with van der Waals surface area (Å²) in [5, 5.41) is 12.8. The number of carbonyl (C=O) groups excluding carboxylic acids is 1. The van der Waals surface area contributed by atoms with Crippen LogP contribution in [0.1, 0.15) is 17.4 Å². The number of carbonyl (C=O) groups is 1. The van der Waals surface area contributed by atoms with Gasteiger partial charge in [0.15, 0.2) is 0 Å². The molecule has 0 aromatic carbocycles. The van der Waals surface area contributed by atoms with Crippen LogP contribution in [0, 0.1) is 0 Å². The molecule has 17 heavy (non-hydrogen) atoms. The molecular formula is C8H9N7OS. The second-order valence-electron chi connectivity index (χ2n) is 2.94. The average Bonchev–Trinajstić information content (AvgIpc) is 2.83. The van der Waals surface area contributed by atoms with Crippen LogP contribution in [0.3, 0.4) is 0 Å². The van der Waals surface area contributed by atoms with Gasteiger partial charge < -0.3 is 5.32 Å². The fourth-order valence-electron chi connectivity index (χ4n) is 1.08. The summed E-state index contributed by atoms with van der Waals surface area (Å²) in [6, 6.07) is 0. The molecule has 0 saturated heterocycles. The topological polar surface area (TPSA) is 106 Å². The van der Waals surface area contributed by atoms with Crippen molar-refractivity contribution in [1.82, 2.24) is 24.8 Å². The third-order valence-corrected chi connectivity index (χ3v) is 2.26. The quantitative estimate of drug-likeness (QED) is 0.810. The van der Waals surface area contributed by atoms with Crippen LogP contribution in [0.25, 0.3) is 0 Å². The van der Waals surface area contributed by atoms with Crippen LogP contribution in [0.2, 0.25) is 0 Å². The van der Waals surface area contributed by atoms with Crippen LogP contribution in [0.4, 0.5) is 10.9 Å². The van der Waals surface area contributed by atoms with E-state index in [0.717, 1.165) is 11.5 Å². The predicted molar refractivity (Wildman–Crippen MR) is 61.9 cm³/mol. The Kier molecular flexibility index (Phi) is 3.50. The van der Waals surface area contributed by atoms with E-state index >= 15 is 0 Å². The van der Waals surface area contributed by atoms with Crippen molar-refractivity contribution in [3.8, 4) is 0 Å². The molecule has 2 N–H and O–H groups in total. The van der Waals surface area contributed by atoms with Crippen LogP contribution in [0.5, 0.6) is 0 Å². The molecular weight excluding hydrogens is 242 g/mol. The Balaban J connectivity index is 2.11. The van der Waals surface area contributed by atoms with E-state index in [1.807, 2.05) is 6.92 Å². The lowest BCUT2D eigenvalue weighted by Crippen LogP contribution is -2.15. The molecule has 0 radical (unpaired) electrons. The van der Waals surface area contributed by atoms with Gasteiger partial charge in [0.1, 0.15) is 11.5 Å². The van der Waals surface area contributed by atoms with Gasteiger partial charge in [0.05, 0.1) is 12.4 Å². The number of amides is 1. The smallest absolute Gasteiger partial charge is 0.277 e. The molecule has 2 rings (SSSR count). The van der Waals surface area contributed by atoms with E-state index < -0.39 is 5.91 Å². The molecule has 2 heterocycles. The van der Waals surface area contributed by atoms with E-state index in [4.69, 9.17) is 0 Å². The molecule has 1 amide bonds. The van der Waals surface area contributed by atoms with Gasteiger partial charge in [-0.25, -0.2) is 4.98 Å². The van der Waals surface area contributed by atoms with Gasteiger partial charge in [0, 0.05) is 18.1 Å². The van der Waals surface area contributed by atoms with Crippen molar-refractivity contribution in [2.45, 2.75) is 6.92 Å². The molecule has 0 aliphatic rings. The predicted octanol–water partition coefficient (Wildman–Crippen LogP) is 0.407. The van der Waals surface area contributed by atoms with E-state index in [-0.39, 0.29) is 5.69 Å². The molecule has 0 atom stereocenters. The molecule has 9 heteroatoms. The highest BCUT2D eigenvalue weighted by Gasteiger charge is 2.11. The average molecular weight is 251 g/mol. The lowest BCUT2D eigenvalue weighted by Gasteiger charge is -2.03. The first-order valence-electron chi connectivity index (χ1n) is 4.82. The fraction of sp³-hybridized carbons (Fsp3) is 0.250. The number of nitrogens with one attached hydrogen (secondary N) is 2. The zero-order valence-corrected chi connectivity index (χ0v) is 9.73. The van der Waals surface area contributed by atoms with Gasteiger partial charge in [-0.2, -0.15) is 0 Å². The second kappa shape index (κ2) is 5.25. The number of aromatic nitrogens is 5. The Labute approximate surface area is 101 Å². The lowest BCUT2D eigenvalue weighted by atomic mass is 10.4. The summed E-state index contributed by atoms with van der Waals surface area (Å²) in [6.07, 6.45) is 2.93. The summed E-state index contributed by atoms with van der Waals surface area (Å²) >= 11 is 0.992. The van der Waals surface area contributed by atoms with Crippen LogP contribution >= 0.6 is 11.5 Å². The Hall–Kier alpha value is -2.16. The zero-order chi connectivity index (χ0) is 12.1. The molecule has 0 aliphatic heterocycles. The van der Waals surface area contributed by atoms with Crippen molar-refractivity contribution < 1.29 is 4.79 Å². The van der Waals surface area contributed by atoms with Crippen molar-refractivity contribution in [2.24, 2.45) is 0 Å². The summed E-state index contributed by atoms with van der Waals surface area (Å²) in [5.74, 6) is 0.159. The summed E-state index contributed by atoms with van der Waals surface area (Å²) in [5.41, 5.74) is 0.207. The minimum atomic E-state index is -0.393. The van der Waals surface area contributed by atoms with Crippen LogP contribution in [0.15, 0.2) is 12.4 Å². The minimum Gasteiger partial charge on any atom is -0.369 e. The summed E-state index contributed by atoms with van der Waals surface area (Å²) < 4.78 is 3.53. The van der Waals surface area contributed by atoms with Gasteiger partial charge >= 0.3 is 0 Å². The van der Waals surface area contributed by atoms with Crippen molar-refractivity contribution in [3.05, 3.63) is 18.1 Å². The fourth-order valence-corrected chi connectivity index (χ4v) is 1.45. The summed E-state index contributed by atoms with van der Waals surface area (Å²) in [4.78, 5) is 19.8. The van der Waals surface area contributed by atoms with Gasteiger partial charge in [0.25, 0.3) is 5.91 Å². The Morgan fingerprint density at radius 3 is 3.06 bits per heavy atom. The van der Waals surface area contributed by atoms with E-state index in [1.165, 1.54) is 6.20 Å². The van der Waals surface area contributed by atoms with Crippen molar-refractivity contribution in [3.63, 3.8) is 0 Å². The van der Waals surface area contributed by atoms with Crippen molar-refractivity contribution in [1.29, 1.82) is 0 Å². The maximum atomic E-state index is 11.7. The van der Waals surface area contributed by atoms with E-state index in [1.54, 1.807) is 6.20 Å². The second-order valence-corrected chi connectivity index (χ2v) is 3.67. The van der Waals surface area contributed by atoms with E-state index in [0.29, 0.717) is 17.5 Å². The highest BCUT2D eigenvalue weighted by Crippen LogP contribution is 2.08. The van der Waals surface area contributed by atoms with Gasteiger partial charge in [-0.3, -0.25) is 15.1 Å². The van der Waals surface area contributed by atoms with Gasteiger partial charge in [0.2, 0.25) is 5.13 Å². The molecule has 0 bridgehead atoms. The SMILES string of the molecule is CCNc1cncc(C(=O)Nc2nnns2)n1. The monoisotopic (exact) mass is 251 g/mol. The third-order valence-electron chi connectivity index (χ3n) is 1.74. The Morgan fingerprint density at radius 1 is 1.47 bits per heavy atom. The van der Waals surface area contributed by atoms with Gasteiger partial charge in [-0.15, -0.1) is 0 Å². The highest BCUT2D eigenvalue weighted by molar-refractivity contribution is 7.09. The minimum absolute atomic E-state index is 0.207.